The Labute approximate surface area is 116 Å². The zero-order valence-electron chi connectivity index (χ0n) is 8.84. The molecule has 3 nitrogen and oxygen atoms in total. The van der Waals surface area contributed by atoms with E-state index in [1.54, 1.807) is 22.6 Å². The van der Waals surface area contributed by atoms with E-state index in [0.717, 1.165) is 0 Å². The second kappa shape index (κ2) is 6.44. The fourth-order valence-electron chi connectivity index (χ4n) is 1.25. The van der Waals surface area contributed by atoms with Gasteiger partial charge >= 0.3 is 5.97 Å². The summed E-state index contributed by atoms with van der Waals surface area (Å²) in [6, 6.07) is 0. The van der Waals surface area contributed by atoms with E-state index in [1.807, 2.05) is 0 Å². The topological polar surface area (TPSA) is 39.2 Å². The zero-order chi connectivity index (χ0) is 13.0. The fourth-order valence-corrected chi connectivity index (χ4v) is 2.38. The smallest absolute Gasteiger partial charge is 0.311 e. The number of nitrogens with zero attached hydrogens (tertiary/aromatic N) is 1. The number of pyridine rings is 1. The van der Waals surface area contributed by atoms with Crippen LogP contribution in [0.3, 0.4) is 0 Å². The van der Waals surface area contributed by atoms with E-state index in [2.05, 4.69) is 9.72 Å². The third-order valence-corrected chi connectivity index (χ3v) is 3.61. The second-order valence-corrected chi connectivity index (χ2v) is 4.49. The summed E-state index contributed by atoms with van der Waals surface area (Å²) in [6.45, 7) is 0. The van der Waals surface area contributed by atoms with Crippen LogP contribution in [0.5, 0.6) is 0 Å². The fraction of sp³-hybridized carbons (Fsp3) is 0.400. The summed E-state index contributed by atoms with van der Waals surface area (Å²) in [5.74, 6) is -0.560. The third kappa shape index (κ3) is 3.48. The summed E-state index contributed by atoms with van der Waals surface area (Å²) < 4.78 is 30.5. The van der Waals surface area contributed by atoms with Gasteiger partial charge in [-0.1, -0.05) is 0 Å². The third-order valence-electron chi connectivity index (χ3n) is 2.11. The number of carbonyl (C=O) groups is 1. The van der Waals surface area contributed by atoms with Crippen LogP contribution in [-0.4, -0.2) is 18.1 Å². The van der Waals surface area contributed by atoms with Crippen molar-refractivity contribution in [2.45, 2.75) is 18.7 Å². The summed E-state index contributed by atoms with van der Waals surface area (Å²) in [5.41, 5.74) is 0.399. The standard InChI is InChI=1S/C10H9ClF2INO2/c1-17-7(16)2-6-9(14)8(10(12)13)5(3-11)4-15-6/h4,10H,2-3H2,1H3. The van der Waals surface area contributed by atoms with Gasteiger partial charge in [-0.15, -0.1) is 11.6 Å². The Hall–Kier alpha value is -0.500. The molecule has 0 saturated carbocycles. The number of ether oxygens (including phenoxy) is 1. The SMILES string of the molecule is COC(=O)Cc1ncc(CCl)c(C(F)F)c1I. The molecule has 7 heteroatoms. The van der Waals surface area contributed by atoms with E-state index in [-0.39, 0.29) is 32.7 Å². The Morgan fingerprint density at radius 1 is 1.65 bits per heavy atom. The molecule has 0 bridgehead atoms. The van der Waals surface area contributed by atoms with Gasteiger partial charge in [0.25, 0.3) is 6.43 Å². The van der Waals surface area contributed by atoms with Gasteiger partial charge in [-0.3, -0.25) is 9.78 Å². The lowest BCUT2D eigenvalue weighted by atomic mass is 10.1. The molecule has 94 valence electrons. The number of methoxy groups -OCH3 is 1. The number of alkyl halides is 3. The van der Waals surface area contributed by atoms with Crippen LogP contribution in [0.1, 0.15) is 23.2 Å². The van der Waals surface area contributed by atoms with Gasteiger partial charge < -0.3 is 4.74 Å². The highest BCUT2D eigenvalue weighted by molar-refractivity contribution is 14.1. The molecule has 0 aliphatic carbocycles. The number of halogens is 4. The van der Waals surface area contributed by atoms with Gasteiger partial charge in [0, 0.05) is 21.2 Å². The lowest BCUT2D eigenvalue weighted by molar-refractivity contribution is -0.139. The predicted molar refractivity (Wildman–Crippen MR) is 67.2 cm³/mol. The van der Waals surface area contributed by atoms with E-state index in [1.165, 1.54) is 13.3 Å². The van der Waals surface area contributed by atoms with Gasteiger partial charge in [-0.2, -0.15) is 0 Å². The minimum Gasteiger partial charge on any atom is -0.469 e. The Bertz CT molecular complexity index is 429. The average Bonchev–Trinajstić information content (AvgIpc) is 2.30. The van der Waals surface area contributed by atoms with E-state index >= 15 is 0 Å². The lowest BCUT2D eigenvalue weighted by Gasteiger charge is -2.11. The number of carbonyl (C=O) groups excluding carboxylic acids is 1. The maximum atomic E-state index is 12.9. The van der Waals surface area contributed by atoms with Crippen LogP contribution in [0.25, 0.3) is 0 Å². The molecule has 0 aromatic carbocycles. The molecule has 0 atom stereocenters. The maximum Gasteiger partial charge on any atom is 0.311 e. The zero-order valence-corrected chi connectivity index (χ0v) is 11.8. The van der Waals surface area contributed by atoms with Crippen molar-refractivity contribution in [3.63, 3.8) is 0 Å². The molecule has 0 fully saturated rings. The van der Waals surface area contributed by atoms with E-state index in [0.29, 0.717) is 0 Å². The number of hydrogen-bond donors (Lipinski definition) is 0. The van der Waals surface area contributed by atoms with Crippen LogP contribution in [-0.2, 0) is 21.8 Å². The Balaban J connectivity index is 3.18. The molecule has 0 saturated heterocycles. The highest BCUT2D eigenvalue weighted by atomic mass is 127. The van der Waals surface area contributed by atoms with Gasteiger partial charge in [0.2, 0.25) is 0 Å². The van der Waals surface area contributed by atoms with Crippen molar-refractivity contribution in [2.24, 2.45) is 0 Å². The van der Waals surface area contributed by atoms with E-state index < -0.39 is 12.4 Å². The van der Waals surface area contributed by atoms with Crippen LogP contribution in [0.4, 0.5) is 8.78 Å². The molecule has 0 spiro atoms. The Morgan fingerprint density at radius 2 is 2.29 bits per heavy atom. The van der Waals surface area contributed by atoms with Crippen LogP contribution in [0.15, 0.2) is 6.20 Å². The van der Waals surface area contributed by atoms with Crippen molar-refractivity contribution in [1.82, 2.24) is 4.98 Å². The van der Waals surface area contributed by atoms with Crippen molar-refractivity contribution in [3.05, 3.63) is 26.6 Å². The quantitative estimate of drug-likeness (QED) is 0.461. The van der Waals surface area contributed by atoms with Gasteiger partial charge in [-0.25, -0.2) is 8.78 Å². The number of aromatic nitrogens is 1. The van der Waals surface area contributed by atoms with Gasteiger partial charge in [-0.05, 0) is 28.2 Å². The van der Waals surface area contributed by atoms with Gasteiger partial charge in [0.15, 0.2) is 0 Å². The molecule has 1 aromatic rings. The molecule has 1 aromatic heterocycles. The van der Waals surface area contributed by atoms with Gasteiger partial charge in [0.05, 0.1) is 19.2 Å². The first-order valence-corrected chi connectivity index (χ1v) is 6.19. The number of rotatable bonds is 4. The molecule has 0 amide bonds. The monoisotopic (exact) mass is 375 g/mol. The molecule has 17 heavy (non-hydrogen) atoms. The normalized spacial score (nSPS) is 10.7. The lowest BCUT2D eigenvalue weighted by Crippen LogP contribution is -2.10. The van der Waals surface area contributed by atoms with Crippen molar-refractivity contribution >= 4 is 40.2 Å². The van der Waals surface area contributed by atoms with E-state index in [4.69, 9.17) is 11.6 Å². The average molecular weight is 376 g/mol. The first-order valence-electron chi connectivity index (χ1n) is 4.58. The maximum absolute atomic E-state index is 12.9. The molecule has 0 radical (unpaired) electrons. The minimum absolute atomic E-state index is 0.0405. The van der Waals surface area contributed by atoms with E-state index in [9.17, 15) is 13.6 Å². The Morgan fingerprint density at radius 3 is 2.76 bits per heavy atom. The number of esters is 1. The molecular weight excluding hydrogens is 366 g/mol. The molecule has 1 heterocycles. The van der Waals surface area contributed by atoms with Crippen LogP contribution in [0, 0.1) is 3.57 Å². The second-order valence-electron chi connectivity index (χ2n) is 3.15. The molecule has 0 N–H and O–H groups in total. The summed E-state index contributed by atoms with van der Waals surface area (Å²) in [7, 11) is 1.23. The summed E-state index contributed by atoms with van der Waals surface area (Å²) >= 11 is 7.31. The highest BCUT2D eigenvalue weighted by Crippen LogP contribution is 2.30. The molecule has 0 unspecified atom stereocenters. The van der Waals surface area contributed by atoms with Crippen LogP contribution in [0.2, 0.25) is 0 Å². The minimum atomic E-state index is -2.64. The first kappa shape index (κ1) is 14.6. The Kier molecular flexibility index (Phi) is 5.51. The van der Waals surface area contributed by atoms with Gasteiger partial charge in [0.1, 0.15) is 0 Å². The van der Waals surface area contributed by atoms with Crippen molar-refractivity contribution in [3.8, 4) is 0 Å². The van der Waals surface area contributed by atoms with Crippen LogP contribution < -0.4 is 0 Å². The summed E-state index contributed by atoms with van der Waals surface area (Å²) in [5, 5.41) is 0. The predicted octanol–water partition coefficient (Wildman–Crippen LogP) is 3.08. The molecule has 1 rings (SSSR count). The van der Waals surface area contributed by atoms with Crippen LogP contribution >= 0.6 is 34.2 Å². The highest BCUT2D eigenvalue weighted by Gasteiger charge is 2.21. The number of hydrogen-bond acceptors (Lipinski definition) is 3. The summed E-state index contributed by atoms with van der Waals surface area (Å²) in [6.07, 6.45) is -1.50. The first-order chi connectivity index (χ1) is 8.01. The molecular formula is C10H9ClF2INO2. The van der Waals surface area contributed by atoms with Crippen molar-refractivity contribution in [2.75, 3.05) is 7.11 Å². The van der Waals surface area contributed by atoms with Crippen molar-refractivity contribution in [1.29, 1.82) is 0 Å². The van der Waals surface area contributed by atoms with Crippen molar-refractivity contribution < 1.29 is 18.3 Å². The summed E-state index contributed by atoms with van der Waals surface area (Å²) in [4.78, 5) is 15.0. The molecule has 0 aliphatic heterocycles. The molecule has 0 aliphatic rings. The largest absolute Gasteiger partial charge is 0.469 e.